The minimum Gasteiger partial charge on any atom is -0.497 e. The van der Waals surface area contributed by atoms with E-state index in [1.165, 1.54) is 0 Å². The van der Waals surface area contributed by atoms with Crippen molar-refractivity contribution in [1.82, 2.24) is 15.1 Å². The van der Waals surface area contributed by atoms with E-state index in [1.54, 1.807) is 12.0 Å². The summed E-state index contributed by atoms with van der Waals surface area (Å²) in [4.78, 5) is 16.4. The summed E-state index contributed by atoms with van der Waals surface area (Å²) in [6.07, 6.45) is 0. The van der Waals surface area contributed by atoms with Gasteiger partial charge in [-0.25, -0.2) is 0 Å². The molecular formula is C16H26ClN3O2. The highest BCUT2D eigenvalue weighted by Crippen LogP contribution is 2.14. The second-order valence-electron chi connectivity index (χ2n) is 5.62. The molecule has 0 saturated carbocycles. The Morgan fingerprint density at radius 1 is 1.50 bits per heavy atom. The van der Waals surface area contributed by atoms with Gasteiger partial charge in [-0.3, -0.25) is 9.69 Å². The fourth-order valence-electron chi connectivity index (χ4n) is 2.55. The monoisotopic (exact) mass is 327 g/mol. The van der Waals surface area contributed by atoms with Gasteiger partial charge in [-0.2, -0.15) is 0 Å². The summed E-state index contributed by atoms with van der Waals surface area (Å²) in [6, 6.07) is 8.25. The molecule has 0 unspecified atom stereocenters. The van der Waals surface area contributed by atoms with Crippen molar-refractivity contribution in [2.75, 3.05) is 40.3 Å². The topological polar surface area (TPSA) is 44.8 Å². The highest BCUT2D eigenvalue weighted by atomic mass is 35.5. The van der Waals surface area contributed by atoms with Gasteiger partial charge in [-0.15, -0.1) is 12.4 Å². The van der Waals surface area contributed by atoms with Crippen molar-refractivity contribution in [2.45, 2.75) is 19.5 Å². The first-order valence-electron chi connectivity index (χ1n) is 7.42. The molecule has 1 heterocycles. The van der Waals surface area contributed by atoms with Crippen molar-refractivity contribution in [3.63, 3.8) is 0 Å². The van der Waals surface area contributed by atoms with Crippen LogP contribution >= 0.6 is 12.4 Å². The Morgan fingerprint density at radius 2 is 2.27 bits per heavy atom. The zero-order valence-corrected chi connectivity index (χ0v) is 14.4. The molecule has 1 amide bonds. The van der Waals surface area contributed by atoms with Gasteiger partial charge in [0.25, 0.3) is 0 Å². The number of hydrogen-bond donors (Lipinski definition) is 1. The van der Waals surface area contributed by atoms with E-state index < -0.39 is 0 Å². The van der Waals surface area contributed by atoms with Gasteiger partial charge in [0, 0.05) is 39.3 Å². The summed E-state index contributed by atoms with van der Waals surface area (Å²) >= 11 is 0. The summed E-state index contributed by atoms with van der Waals surface area (Å²) in [5.41, 5.74) is 1.08. The number of methoxy groups -OCH3 is 1. The molecule has 5 nitrogen and oxygen atoms in total. The minimum absolute atomic E-state index is 0. The number of rotatable bonds is 5. The van der Waals surface area contributed by atoms with Gasteiger partial charge in [-0.1, -0.05) is 12.1 Å². The first-order chi connectivity index (χ1) is 10.1. The van der Waals surface area contributed by atoms with Crippen LogP contribution in [0.25, 0.3) is 0 Å². The smallest absolute Gasteiger partial charge is 0.236 e. The molecule has 1 aliphatic rings. The Balaban J connectivity index is 0.00000242. The van der Waals surface area contributed by atoms with E-state index in [0.717, 1.165) is 30.9 Å². The zero-order chi connectivity index (χ0) is 15.2. The lowest BCUT2D eigenvalue weighted by molar-refractivity contribution is -0.132. The Labute approximate surface area is 139 Å². The Morgan fingerprint density at radius 3 is 2.95 bits per heavy atom. The third-order valence-corrected chi connectivity index (χ3v) is 3.96. The molecule has 0 aromatic heterocycles. The molecular weight excluding hydrogens is 302 g/mol. The molecule has 1 saturated heterocycles. The van der Waals surface area contributed by atoms with Crippen molar-refractivity contribution in [3.8, 4) is 5.75 Å². The number of amides is 1. The van der Waals surface area contributed by atoms with E-state index in [0.29, 0.717) is 19.1 Å². The number of nitrogens with one attached hydrogen (secondary N) is 1. The lowest BCUT2D eigenvalue weighted by Crippen LogP contribution is -2.52. The molecule has 22 heavy (non-hydrogen) atoms. The molecule has 2 rings (SSSR count). The Bertz CT molecular complexity index is 484. The van der Waals surface area contributed by atoms with E-state index in [9.17, 15) is 4.79 Å². The van der Waals surface area contributed by atoms with Crippen molar-refractivity contribution < 1.29 is 9.53 Å². The lowest BCUT2D eigenvalue weighted by atomic mass is 10.2. The van der Waals surface area contributed by atoms with Crippen LogP contribution in [0.4, 0.5) is 0 Å². The molecule has 1 aliphatic heterocycles. The van der Waals surface area contributed by atoms with Crippen LogP contribution in [0.1, 0.15) is 12.5 Å². The van der Waals surface area contributed by atoms with Crippen LogP contribution in [0.15, 0.2) is 24.3 Å². The highest BCUT2D eigenvalue weighted by molar-refractivity contribution is 5.85. The molecule has 0 aliphatic carbocycles. The fourth-order valence-corrected chi connectivity index (χ4v) is 2.55. The van der Waals surface area contributed by atoms with E-state index >= 15 is 0 Å². The number of ether oxygens (including phenoxy) is 1. The molecule has 1 N–H and O–H groups in total. The molecule has 6 heteroatoms. The average Bonchev–Trinajstić information content (AvgIpc) is 2.49. The van der Waals surface area contributed by atoms with Gasteiger partial charge >= 0.3 is 0 Å². The molecule has 1 atom stereocenters. The highest BCUT2D eigenvalue weighted by Gasteiger charge is 2.21. The molecule has 124 valence electrons. The largest absolute Gasteiger partial charge is 0.497 e. The summed E-state index contributed by atoms with van der Waals surface area (Å²) in [5.74, 6) is 0.982. The summed E-state index contributed by atoms with van der Waals surface area (Å²) in [6.45, 7) is 6.09. The third-order valence-electron chi connectivity index (χ3n) is 3.96. The number of carbonyl (C=O) groups excluding carboxylic acids is 1. The molecule has 1 aromatic rings. The van der Waals surface area contributed by atoms with Gasteiger partial charge in [-0.05, 0) is 24.6 Å². The van der Waals surface area contributed by atoms with E-state index in [4.69, 9.17) is 4.74 Å². The number of halogens is 1. The normalized spacial score (nSPS) is 18.4. The van der Waals surface area contributed by atoms with Crippen LogP contribution in [-0.4, -0.2) is 62.1 Å². The zero-order valence-electron chi connectivity index (χ0n) is 13.5. The Kier molecular flexibility index (Phi) is 7.65. The standard InChI is InChI=1S/C16H25N3O2.ClH/c1-13-10-17-7-8-19(13)12-16(20)18(2)11-14-5-4-6-15(9-14)21-3;/h4-6,9,13,17H,7-8,10-12H2,1-3H3;1H/t13-;/m1./s1. The van der Waals surface area contributed by atoms with Gasteiger partial charge in [0.2, 0.25) is 5.91 Å². The van der Waals surface area contributed by atoms with Crippen LogP contribution in [0.3, 0.4) is 0 Å². The molecule has 0 radical (unpaired) electrons. The van der Waals surface area contributed by atoms with Gasteiger partial charge < -0.3 is 15.0 Å². The van der Waals surface area contributed by atoms with Gasteiger partial charge in [0.1, 0.15) is 5.75 Å². The van der Waals surface area contributed by atoms with E-state index in [-0.39, 0.29) is 18.3 Å². The van der Waals surface area contributed by atoms with Crippen molar-refractivity contribution in [1.29, 1.82) is 0 Å². The van der Waals surface area contributed by atoms with E-state index in [1.807, 2.05) is 31.3 Å². The van der Waals surface area contributed by atoms with Crippen molar-refractivity contribution in [3.05, 3.63) is 29.8 Å². The van der Waals surface area contributed by atoms with Crippen LogP contribution in [0, 0.1) is 0 Å². The molecule has 0 bridgehead atoms. The van der Waals surface area contributed by atoms with Crippen molar-refractivity contribution in [2.24, 2.45) is 0 Å². The van der Waals surface area contributed by atoms with Crippen LogP contribution in [-0.2, 0) is 11.3 Å². The number of hydrogen-bond acceptors (Lipinski definition) is 4. The summed E-state index contributed by atoms with van der Waals surface area (Å²) in [7, 11) is 3.51. The molecule has 1 aromatic carbocycles. The van der Waals surface area contributed by atoms with E-state index in [2.05, 4.69) is 17.1 Å². The maximum absolute atomic E-state index is 12.3. The first-order valence-corrected chi connectivity index (χ1v) is 7.42. The number of nitrogens with zero attached hydrogens (tertiary/aromatic N) is 2. The van der Waals surface area contributed by atoms with Gasteiger partial charge in [0.05, 0.1) is 13.7 Å². The summed E-state index contributed by atoms with van der Waals surface area (Å²) < 4.78 is 5.21. The fraction of sp³-hybridized carbons (Fsp3) is 0.562. The minimum atomic E-state index is 0. The second kappa shape index (κ2) is 8.98. The second-order valence-corrected chi connectivity index (χ2v) is 5.62. The quantitative estimate of drug-likeness (QED) is 0.887. The van der Waals surface area contributed by atoms with Crippen LogP contribution in [0.5, 0.6) is 5.75 Å². The van der Waals surface area contributed by atoms with Gasteiger partial charge in [0.15, 0.2) is 0 Å². The number of likely N-dealkylation sites (N-methyl/N-ethyl adjacent to an activating group) is 1. The number of piperazine rings is 1. The predicted octanol–water partition coefficient (Wildman–Crippen LogP) is 1.37. The first kappa shape index (κ1) is 18.7. The number of carbonyl (C=O) groups is 1. The SMILES string of the molecule is COc1cccc(CN(C)C(=O)CN2CCNC[C@H]2C)c1.Cl. The van der Waals surface area contributed by atoms with Crippen LogP contribution in [0.2, 0.25) is 0 Å². The third kappa shape index (κ3) is 5.16. The molecule has 1 fully saturated rings. The summed E-state index contributed by atoms with van der Waals surface area (Å²) in [5, 5.41) is 3.34. The predicted molar refractivity (Wildman–Crippen MR) is 90.6 cm³/mol. The maximum atomic E-state index is 12.3. The average molecular weight is 328 g/mol. The van der Waals surface area contributed by atoms with Crippen molar-refractivity contribution >= 4 is 18.3 Å². The number of benzene rings is 1. The molecule has 0 spiro atoms. The Hall–Kier alpha value is -1.30. The lowest BCUT2D eigenvalue weighted by Gasteiger charge is -2.34. The maximum Gasteiger partial charge on any atom is 0.236 e. The van der Waals surface area contributed by atoms with Crippen LogP contribution < -0.4 is 10.1 Å².